The van der Waals surface area contributed by atoms with Gasteiger partial charge in [0.25, 0.3) is 0 Å². The summed E-state index contributed by atoms with van der Waals surface area (Å²) in [5.41, 5.74) is 2.98. The SMILES string of the molecule is COc1nc(Nc2ccc(Br)cc2)nc2c1CNC2. The minimum absolute atomic E-state index is 0.557. The van der Waals surface area contributed by atoms with Crippen molar-refractivity contribution in [2.45, 2.75) is 13.1 Å². The van der Waals surface area contributed by atoms with E-state index in [1.807, 2.05) is 24.3 Å². The molecule has 2 N–H and O–H groups in total. The van der Waals surface area contributed by atoms with Crippen LogP contribution in [-0.2, 0) is 13.1 Å². The number of hydrogen-bond donors (Lipinski definition) is 2. The highest BCUT2D eigenvalue weighted by atomic mass is 79.9. The molecule has 0 fully saturated rings. The van der Waals surface area contributed by atoms with Gasteiger partial charge in [0.05, 0.1) is 18.4 Å². The Hall–Kier alpha value is -1.66. The number of halogens is 1. The van der Waals surface area contributed by atoms with Gasteiger partial charge in [-0.25, -0.2) is 4.98 Å². The predicted molar refractivity (Wildman–Crippen MR) is 76.6 cm³/mol. The lowest BCUT2D eigenvalue weighted by molar-refractivity contribution is 0.392. The van der Waals surface area contributed by atoms with E-state index >= 15 is 0 Å². The largest absolute Gasteiger partial charge is 0.481 e. The van der Waals surface area contributed by atoms with Gasteiger partial charge >= 0.3 is 0 Å². The molecule has 2 heterocycles. The number of methoxy groups -OCH3 is 1. The topological polar surface area (TPSA) is 59.1 Å². The van der Waals surface area contributed by atoms with Crippen molar-refractivity contribution in [2.24, 2.45) is 0 Å². The zero-order valence-electron chi connectivity index (χ0n) is 10.4. The highest BCUT2D eigenvalue weighted by molar-refractivity contribution is 9.10. The molecule has 0 spiro atoms. The minimum atomic E-state index is 0.557. The Balaban J connectivity index is 1.91. The Morgan fingerprint density at radius 2 is 2.00 bits per heavy atom. The first-order chi connectivity index (χ1) is 9.26. The lowest BCUT2D eigenvalue weighted by Gasteiger charge is -2.09. The van der Waals surface area contributed by atoms with E-state index in [1.54, 1.807) is 7.11 Å². The van der Waals surface area contributed by atoms with Crippen LogP contribution in [0.25, 0.3) is 0 Å². The molecule has 0 unspecified atom stereocenters. The minimum Gasteiger partial charge on any atom is -0.481 e. The van der Waals surface area contributed by atoms with Crippen molar-refractivity contribution in [3.05, 3.63) is 40.0 Å². The zero-order chi connectivity index (χ0) is 13.2. The third kappa shape index (κ3) is 2.54. The molecule has 6 heteroatoms. The monoisotopic (exact) mass is 320 g/mol. The van der Waals surface area contributed by atoms with Crippen molar-refractivity contribution >= 4 is 27.6 Å². The molecule has 0 amide bonds. The number of nitrogens with zero attached hydrogens (tertiary/aromatic N) is 2. The third-order valence-corrected chi connectivity index (χ3v) is 3.47. The fourth-order valence-corrected chi connectivity index (χ4v) is 2.29. The maximum absolute atomic E-state index is 5.32. The van der Waals surface area contributed by atoms with Crippen molar-refractivity contribution in [1.29, 1.82) is 0 Å². The lowest BCUT2D eigenvalue weighted by atomic mass is 10.2. The summed E-state index contributed by atoms with van der Waals surface area (Å²) in [5, 5.41) is 6.43. The predicted octanol–water partition coefficient (Wildman–Crippen LogP) is 2.59. The summed E-state index contributed by atoms with van der Waals surface area (Å²) in [6.45, 7) is 1.51. The summed E-state index contributed by atoms with van der Waals surface area (Å²) in [4.78, 5) is 8.89. The van der Waals surface area contributed by atoms with Crippen LogP contribution in [0.3, 0.4) is 0 Å². The molecule has 98 valence electrons. The van der Waals surface area contributed by atoms with Crippen molar-refractivity contribution in [2.75, 3.05) is 12.4 Å². The lowest BCUT2D eigenvalue weighted by Crippen LogP contribution is -2.03. The van der Waals surface area contributed by atoms with Crippen LogP contribution in [0.4, 0.5) is 11.6 Å². The molecular formula is C13H13BrN4O. The van der Waals surface area contributed by atoms with Gasteiger partial charge < -0.3 is 15.4 Å². The maximum Gasteiger partial charge on any atom is 0.230 e. The second kappa shape index (κ2) is 5.14. The molecule has 1 aliphatic rings. The molecule has 0 aliphatic carbocycles. The first-order valence-corrected chi connectivity index (χ1v) is 6.72. The first-order valence-electron chi connectivity index (χ1n) is 5.93. The van der Waals surface area contributed by atoms with Crippen LogP contribution in [0, 0.1) is 0 Å². The summed E-state index contributed by atoms with van der Waals surface area (Å²) in [6.07, 6.45) is 0. The molecule has 0 radical (unpaired) electrons. The number of aromatic nitrogens is 2. The Labute approximate surface area is 119 Å². The molecule has 0 atom stereocenters. The van der Waals surface area contributed by atoms with Crippen LogP contribution in [0.15, 0.2) is 28.7 Å². The zero-order valence-corrected chi connectivity index (χ0v) is 12.0. The van der Waals surface area contributed by atoms with Crippen LogP contribution in [0.2, 0.25) is 0 Å². The van der Waals surface area contributed by atoms with Crippen molar-refractivity contribution < 1.29 is 4.74 Å². The Bertz CT molecular complexity index is 600. The van der Waals surface area contributed by atoms with E-state index in [4.69, 9.17) is 4.74 Å². The van der Waals surface area contributed by atoms with E-state index in [0.717, 1.165) is 34.5 Å². The summed E-state index contributed by atoms with van der Waals surface area (Å²) in [7, 11) is 1.63. The van der Waals surface area contributed by atoms with Gasteiger partial charge in [-0.15, -0.1) is 0 Å². The Kier molecular flexibility index (Phi) is 3.35. The number of anilines is 2. The number of nitrogens with one attached hydrogen (secondary N) is 2. The molecule has 1 aliphatic heterocycles. The standard InChI is InChI=1S/C13H13BrN4O/c1-19-12-10-6-15-7-11(10)17-13(18-12)16-9-4-2-8(14)3-5-9/h2-5,15H,6-7H2,1H3,(H,16,17,18). The summed E-state index contributed by atoms with van der Waals surface area (Å²) in [5.74, 6) is 1.19. The van der Waals surface area contributed by atoms with Crippen molar-refractivity contribution in [3.8, 4) is 5.88 Å². The van der Waals surface area contributed by atoms with Crippen molar-refractivity contribution in [1.82, 2.24) is 15.3 Å². The first kappa shape index (κ1) is 12.4. The second-order valence-electron chi connectivity index (χ2n) is 4.22. The molecule has 5 nitrogen and oxygen atoms in total. The summed E-state index contributed by atoms with van der Waals surface area (Å²) in [6, 6.07) is 7.86. The highest BCUT2D eigenvalue weighted by Crippen LogP contribution is 2.26. The van der Waals surface area contributed by atoms with E-state index < -0.39 is 0 Å². The van der Waals surface area contributed by atoms with Gasteiger partial charge in [-0.05, 0) is 24.3 Å². The molecule has 0 saturated carbocycles. The maximum atomic E-state index is 5.32. The van der Waals surface area contributed by atoms with Crippen LogP contribution in [0.1, 0.15) is 11.3 Å². The van der Waals surface area contributed by atoms with Gasteiger partial charge in [0, 0.05) is 23.2 Å². The molecule has 2 aromatic rings. The van der Waals surface area contributed by atoms with Gasteiger partial charge in [0.2, 0.25) is 11.8 Å². The van der Waals surface area contributed by atoms with Gasteiger partial charge in [-0.1, -0.05) is 15.9 Å². The van der Waals surface area contributed by atoms with E-state index in [-0.39, 0.29) is 0 Å². The van der Waals surface area contributed by atoms with Gasteiger partial charge in [-0.2, -0.15) is 4.98 Å². The van der Waals surface area contributed by atoms with E-state index in [1.165, 1.54) is 0 Å². The van der Waals surface area contributed by atoms with Crippen LogP contribution >= 0.6 is 15.9 Å². The fraction of sp³-hybridized carbons (Fsp3) is 0.231. The van der Waals surface area contributed by atoms with Gasteiger partial charge in [-0.3, -0.25) is 0 Å². The van der Waals surface area contributed by atoms with E-state index in [0.29, 0.717) is 11.8 Å². The average molecular weight is 321 g/mol. The second-order valence-corrected chi connectivity index (χ2v) is 5.13. The van der Waals surface area contributed by atoms with Crippen LogP contribution in [0.5, 0.6) is 5.88 Å². The third-order valence-electron chi connectivity index (χ3n) is 2.94. The number of ether oxygens (including phenoxy) is 1. The average Bonchev–Trinajstić information content (AvgIpc) is 2.89. The van der Waals surface area contributed by atoms with Crippen molar-refractivity contribution in [3.63, 3.8) is 0 Å². The normalized spacial score (nSPS) is 13.2. The highest BCUT2D eigenvalue weighted by Gasteiger charge is 2.19. The molecule has 0 bridgehead atoms. The molecule has 3 rings (SSSR count). The molecule has 0 saturated heterocycles. The molecule has 1 aromatic heterocycles. The van der Waals surface area contributed by atoms with Gasteiger partial charge in [0.1, 0.15) is 0 Å². The molecule has 19 heavy (non-hydrogen) atoms. The van der Waals surface area contributed by atoms with Gasteiger partial charge in [0.15, 0.2) is 0 Å². The Morgan fingerprint density at radius 1 is 1.21 bits per heavy atom. The number of rotatable bonds is 3. The number of benzene rings is 1. The van der Waals surface area contributed by atoms with Crippen LogP contribution in [-0.4, -0.2) is 17.1 Å². The summed E-state index contributed by atoms with van der Waals surface area (Å²) < 4.78 is 6.35. The smallest absolute Gasteiger partial charge is 0.230 e. The number of fused-ring (bicyclic) bond motifs is 1. The van der Waals surface area contributed by atoms with Crippen LogP contribution < -0.4 is 15.4 Å². The number of hydrogen-bond acceptors (Lipinski definition) is 5. The van der Waals surface area contributed by atoms with E-state index in [2.05, 4.69) is 36.5 Å². The molecule has 1 aromatic carbocycles. The van der Waals surface area contributed by atoms with E-state index in [9.17, 15) is 0 Å². The quantitative estimate of drug-likeness (QED) is 0.910. The Morgan fingerprint density at radius 3 is 2.74 bits per heavy atom. The fourth-order valence-electron chi connectivity index (χ4n) is 2.02. The summed E-state index contributed by atoms with van der Waals surface area (Å²) >= 11 is 3.41. The molecular weight excluding hydrogens is 308 g/mol.